The lowest BCUT2D eigenvalue weighted by atomic mass is 9.94. The summed E-state index contributed by atoms with van der Waals surface area (Å²) in [7, 11) is 0. The fraction of sp³-hybridized carbons (Fsp3) is 0.233. The van der Waals surface area contributed by atoms with Crippen molar-refractivity contribution in [1.82, 2.24) is 14.5 Å². The molecule has 9 nitrogen and oxygen atoms in total. The van der Waals surface area contributed by atoms with Gasteiger partial charge >= 0.3 is 11.7 Å². The lowest BCUT2D eigenvalue weighted by molar-refractivity contribution is -0.385. The molecule has 0 amide bonds. The average molecular weight is 523 g/mol. The summed E-state index contributed by atoms with van der Waals surface area (Å²) in [6.45, 7) is 1.74. The van der Waals surface area contributed by atoms with Crippen LogP contribution >= 0.6 is 0 Å². The first-order valence-electron chi connectivity index (χ1n) is 12.9. The van der Waals surface area contributed by atoms with E-state index in [2.05, 4.69) is 4.57 Å². The molecule has 0 bridgehead atoms. The summed E-state index contributed by atoms with van der Waals surface area (Å²) >= 11 is 0. The van der Waals surface area contributed by atoms with Crippen LogP contribution in [0.1, 0.15) is 54.1 Å². The van der Waals surface area contributed by atoms with Gasteiger partial charge in [-0.3, -0.25) is 10.1 Å². The van der Waals surface area contributed by atoms with Crippen LogP contribution in [0.4, 0.5) is 5.69 Å². The van der Waals surface area contributed by atoms with Gasteiger partial charge in [-0.05, 0) is 73.9 Å². The normalized spacial score (nSPS) is 14.2. The molecular weight excluding hydrogens is 496 g/mol. The SMILES string of the molecule is Cc1cc(-c2ccc3cc(-c4nc5cc(C(=O)O)ccc5n4C4CCCCC4)ccc3n2)c(O)c([N+](=O)[O-])c1. The molecule has 3 aromatic carbocycles. The number of carboxylic acids is 1. The topological polar surface area (TPSA) is 131 Å². The van der Waals surface area contributed by atoms with Crippen molar-refractivity contribution >= 4 is 33.6 Å². The van der Waals surface area contributed by atoms with Crippen molar-refractivity contribution in [3.05, 3.63) is 81.9 Å². The van der Waals surface area contributed by atoms with Crippen LogP contribution in [-0.4, -0.2) is 35.6 Å². The number of carboxylic acid groups (broad SMARTS) is 1. The Morgan fingerprint density at radius 3 is 2.51 bits per heavy atom. The van der Waals surface area contributed by atoms with Crippen molar-refractivity contribution < 1.29 is 19.9 Å². The first kappa shape index (κ1) is 24.5. The van der Waals surface area contributed by atoms with Crippen LogP contribution in [0, 0.1) is 17.0 Å². The number of aryl methyl sites for hydroxylation is 1. The Balaban J connectivity index is 1.47. The minimum atomic E-state index is -0.983. The van der Waals surface area contributed by atoms with E-state index in [0.29, 0.717) is 27.9 Å². The van der Waals surface area contributed by atoms with Crippen LogP contribution in [0.15, 0.2) is 60.7 Å². The van der Waals surface area contributed by atoms with Crippen LogP contribution < -0.4 is 0 Å². The summed E-state index contributed by atoms with van der Waals surface area (Å²) in [6.07, 6.45) is 5.59. The maximum absolute atomic E-state index is 11.6. The molecule has 0 unspecified atom stereocenters. The number of carbonyl (C=O) groups is 1. The second kappa shape index (κ2) is 9.50. The van der Waals surface area contributed by atoms with Gasteiger partial charge in [0.25, 0.3) is 0 Å². The molecule has 0 spiro atoms. The molecule has 2 aromatic heterocycles. The monoisotopic (exact) mass is 522 g/mol. The lowest BCUT2D eigenvalue weighted by Crippen LogP contribution is -2.14. The van der Waals surface area contributed by atoms with Crippen LogP contribution in [0.3, 0.4) is 0 Å². The molecule has 0 atom stereocenters. The van der Waals surface area contributed by atoms with E-state index in [1.54, 1.807) is 31.2 Å². The molecule has 9 heteroatoms. The van der Waals surface area contributed by atoms with Crippen molar-refractivity contribution in [2.75, 3.05) is 0 Å². The fourth-order valence-corrected chi connectivity index (χ4v) is 5.65. The van der Waals surface area contributed by atoms with E-state index in [1.807, 2.05) is 30.3 Å². The Hall–Kier alpha value is -4.79. The summed E-state index contributed by atoms with van der Waals surface area (Å²) in [5, 5.41) is 32.3. The third-order valence-corrected chi connectivity index (χ3v) is 7.53. The van der Waals surface area contributed by atoms with Gasteiger partial charge in [-0.25, -0.2) is 14.8 Å². The molecule has 2 N–H and O–H groups in total. The number of phenolic OH excluding ortho intramolecular Hbond substituents is 1. The van der Waals surface area contributed by atoms with Gasteiger partial charge in [0.05, 0.1) is 32.7 Å². The predicted octanol–water partition coefficient (Wildman–Crippen LogP) is 7.04. The second-order valence-corrected chi connectivity index (χ2v) is 10.1. The third kappa shape index (κ3) is 4.35. The molecule has 1 fully saturated rings. The van der Waals surface area contributed by atoms with E-state index >= 15 is 0 Å². The highest BCUT2D eigenvalue weighted by Gasteiger charge is 2.24. The fourth-order valence-electron chi connectivity index (χ4n) is 5.65. The maximum Gasteiger partial charge on any atom is 0.335 e. The van der Waals surface area contributed by atoms with Gasteiger partial charge in [-0.2, -0.15) is 0 Å². The number of nitrogens with zero attached hydrogens (tertiary/aromatic N) is 4. The molecule has 1 aliphatic carbocycles. The summed E-state index contributed by atoms with van der Waals surface area (Å²) in [6, 6.07) is 17.9. The number of pyridine rings is 1. The smallest absolute Gasteiger partial charge is 0.335 e. The van der Waals surface area contributed by atoms with E-state index in [4.69, 9.17) is 9.97 Å². The number of rotatable bonds is 5. The van der Waals surface area contributed by atoms with Crippen LogP contribution in [0.5, 0.6) is 5.75 Å². The van der Waals surface area contributed by atoms with E-state index < -0.39 is 16.6 Å². The van der Waals surface area contributed by atoms with Crippen molar-refractivity contribution in [1.29, 1.82) is 0 Å². The Kier molecular flexibility index (Phi) is 5.98. The minimum absolute atomic E-state index is 0.206. The number of hydrogen-bond acceptors (Lipinski definition) is 6. The zero-order valence-corrected chi connectivity index (χ0v) is 21.3. The molecule has 1 saturated carbocycles. The highest BCUT2D eigenvalue weighted by Crippen LogP contribution is 2.39. The minimum Gasteiger partial charge on any atom is -0.502 e. The zero-order valence-electron chi connectivity index (χ0n) is 21.3. The van der Waals surface area contributed by atoms with E-state index in [-0.39, 0.29) is 17.3 Å². The van der Waals surface area contributed by atoms with Crippen LogP contribution in [0.2, 0.25) is 0 Å². The molecule has 6 rings (SSSR count). The Morgan fingerprint density at radius 2 is 1.77 bits per heavy atom. The van der Waals surface area contributed by atoms with E-state index in [0.717, 1.165) is 48.0 Å². The highest BCUT2D eigenvalue weighted by molar-refractivity contribution is 5.94. The zero-order chi connectivity index (χ0) is 27.3. The quantitative estimate of drug-likeness (QED) is 0.187. The van der Waals surface area contributed by atoms with Gasteiger partial charge in [-0.15, -0.1) is 0 Å². The summed E-state index contributed by atoms with van der Waals surface area (Å²) in [5.74, 6) is -0.600. The lowest BCUT2D eigenvalue weighted by Gasteiger charge is -2.25. The number of imidazole rings is 1. The molecular formula is C30H26N4O5. The highest BCUT2D eigenvalue weighted by atomic mass is 16.6. The van der Waals surface area contributed by atoms with Crippen molar-refractivity contribution in [3.8, 4) is 28.4 Å². The predicted molar refractivity (Wildman–Crippen MR) is 148 cm³/mol. The van der Waals surface area contributed by atoms with Crippen LogP contribution in [-0.2, 0) is 0 Å². The molecule has 0 saturated heterocycles. The number of aromatic carboxylic acids is 1. The number of benzene rings is 3. The number of nitro groups is 1. The third-order valence-electron chi connectivity index (χ3n) is 7.53. The number of aromatic nitrogens is 3. The largest absolute Gasteiger partial charge is 0.502 e. The first-order chi connectivity index (χ1) is 18.8. The average Bonchev–Trinajstić information content (AvgIpc) is 3.32. The molecule has 0 aliphatic heterocycles. The standard InChI is InChI=1S/C30H26N4O5/c1-17-13-22(28(35)27(14-17)34(38)39)24-11-7-18-15-19(8-10-23(18)31-24)29-32-25-16-20(30(36)37)9-12-26(25)33(29)21-5-3-2-4-6-21/h7-16,21,35H,2-6H2,1H3,(H,36,37). The first-order valence-corrected chi connectivity index (χ1v) is 12.9. The summed E-state index contributed by atoms with van der Waals surface area (Å²) < 4.78 is 2.26. The van der Waals surface area contributed by atoms with Gasteiger partial charge < -0.3 is 14.8 Å². The Bertz CT molecular complexity index is 1790. The maximum atomic E-state index is 11.6. The van der Waals surface area contributed by atoms with E-state index in [1.165, 1.54) is 12.5 Å². The molecule has 196 valence electrons. The molecule has 39 heavy (non-hydrogen) atoms. The number of hydrogen-bond donors (Lipinski definition) is 2. The van der Waals surface area contributed by atoms with Gasteiger partial charge in [0.1, 0.15) is 5.82 Å². The van der Waals surface area contributed by atoms with Crippen LogP contribution in [0.25, 0.3) is 44.6 Å². The van der Waals surface area contributed by atoms with Gasteiger partial charge in [-0.1, -0.05) is 25.3 Å². The molecule has 2 heterocycles. The second-order valence-electron chi connectivity index (χ2n) is 10.1. The molecule has 5 aromatic rings. The van der Waals surface area contributed by atoms with Gasteiger partial charge in [0.2, 0.25) is 5.75 Å². The van der Waals surface area contributed by atoms with Crippen molar-refractivity contribution in [2.24, 2.45) is 0 Å². The number of phenols is 1. The van der Waals surface area contributed by atoms with Crippen molar-refractivity contribution in [2.45, 2.75) is 45.1 Å². The molecule has 1 aliphatic rings. The van der Waals surface area contributed by atoms with Gasteiger partial charge in [0.15, 0.2) is 0 Å². The summed E-state index contributed by atoms with van der Waals surface area (Å²) in [4.78, 5) is 32.0. The Morgan fingerprint density at radius 1 is 0.974 bits per heavy atom. The Labute approximate surface area is 223 Å². The van der Waals surface area contributed by atoms with Gasteiger partial charge in [0, 0.05) is 28.6 Å². The summed E-state index contributed by atoms with van der Waals surface area (Å²) in [5.41, 5.74) is 4.40. The molecule has 0 radical (unpaired) electrons. The number of fused-ring (bicyclic) bond motifs is 2. The number of aromatic hydroxyl groups is 1. The van der Waals surface area contributed by atoms with Crippen molar-refractivity contribution in [3.63, 3.8) is 0 Å². The number of nitro benzene ring substituents is 1. The van der Waals surface area contributed by atoms with E-state index in [9.17, 15) is 25.1 Å².